The predicted octanol–water partition coefficient (Wildman–Crippen LogP) is 4.50. The third-order valence-electron chi connectivity index (χ3n) is 3.22. The fourth-order valence-electron chi connectivity index (χ4n) is 2.16. The molecule has 0 aliphatic carbocycles. The van der Waals surface area contributed by atoms with Crippen molar-refractivity contribution >= 4 is 11.4 Å². The van der Waals surface area contributed by atoms with Crippen LogP contribution in [0.4, 0.5) is 11.4 Å². The van der Waals surface area contributed by atoms with Crippen LogP contribution in [0.25, 0.3) is 11.3 Å². The highest BCUT2D eigenvalue weighted by Gasteiger charge is 2.06. The van der Waals surface area contributed by atoms with Gasteiger partial charge in [-0.05, 0) is 48.5 Å². The van der Waals surface area contributed by atoms with Crippen LogP contribution in [-0.2, 0) is 0 Å². The van der Waals surface area contributed by atoms with E-state index in [1.807, 2.05) is 66.7 Å². The molecular weight excluding hydrogens is 260 g/mol. The normalized spacial score (nSPS) is 10.1. The Kier molecular flexibility index (Phi) is 3.83. The van der Waals surface area contributed by atoms with Crippen LogP contribution in [0.1, 0.15) is 0 Å². The number of benzene rings is 2. The van der Waals surface area contributed by atoms with Gasteiger partial charge in [0.05, 0.1) is 18.5 Å². The standard InChI is InChI=1S/C18H16N2O/c1-21-16-11-9-14(10-12-16)18-17(8-5-13-19-18)20-15-6-3-2-4-7-15/h2-13,20H,1H3. The summed E-state index contributed by atoms with van der Waals surface area (Å²) in [6.45, 7) is 0. The molecule has 104 valence electrons. The van der Waals surface area contributed by atoms with Crippen molar-refractivity contribution in [3.8, 4) is 17.0 Å². The minimum Gasteiger partial charge on any atom is -0.497 e. The zero-order chi connectivity index (χ0) is 14.5. The number of methoxy groups -OCH3 is 1. The molecule has 0 saturated carbocycles. The van der Waals surface area contributed by atoms with Crippen molar-refractivity contribution in [3.05, 3.63) is 72.9 Å². The molecule has 0 aliphatic heterocycles. The smallest absolute Gasteiger partial charge is 0.118 e. The largest absolute Gasteiger partial charge is 0.497 e. The van der Waals surface area contributed by atoms with E-state index in [0.29, 0.717) is 0 Å². The van der Waals surface area contributed by atoms with E-state index in [1.54, 1.807) is 13.3 Å². The zero-order valence-corrected chi connectivity index (χ0v) is 11.8. The van der Waals surface area contributed by atoms with Gasteiger partial charge >= 0.3 is 0 Å². The molecule has 3 nitrogen and oxygen atoms in total. The molecule has 0 unspecified atom stereocenters. The lowest BCUT2D eigenvalue weighted by Crippen LogP contribution is -1.95. The lowest BCUT2D eigenvalue weighted by Gasteiger charge is -2.11. The number of ether oxygens (including phenoxy) is 1. The first-order valence-electron chi connectivity index (χ1n) is 6.78. The van der Waals surface area contributed by atoms with Gasteiger partial charge in [0.15, 0.2) is 0 Å². The maximum atomic E-state index is 5.19. The van der Waals surface area contributed by atoms with Crippen molar-refractivity contribution in [2.45, 2.75) is 0 Å². The summed E-state index contributed by atoms with van der Waals surface area (Å²) in [6.07, 6.45) is 1.80. The van der Waals surface area contributed by atoms with E-state index in [2.05, 4.69) is 10.3 Å². The van der Waals surface area contributed by atoms with Crippen LogP contribution < -0.4 is 10.1 Å². The Morgan fingerprint density at radius 1 is 0.857 bits per heavy atom. The highest BCUT2D eigenvalue weighted by Crippen LogP contribution is 2.29. The maximum Gasteiger partial charge on any atom is 0.118 e. The molecule has 0 fully saturated rings. The van der Waals surface area contributed by atoms with Crippen molar-refractivity contribution in [1.82, 2.24) is 4.98 Å². The number of aromatic nitrogens is 1. The quantitative estimate of drug-likeness (QED) is 0.761. The van der Waals surface area contributed by atoms with Gasteiger partial charge in [0.1, 0.15) is 5.75 Å². The molecule has 3 rings (SSSR count). The van der Waals surface area contributed by atoms with Crippen molar-refractivity contribution in [1.29, 1.82) is 0 Å². The minimum atomic E-state index is 0.840. The average Bonchev–Trinajstić information content (AvgIpc) is 2.56. The number of rotatable bonds is 4. The summed E-state index contributed by atoms with van der Waals surface area (Å²) >= 11 is 0. The second-order valence-electron chi connectivity index (χ2n) is 4.62. The SMILES string of the molecule is COc1ccc(-c2ncccc2Nc2ccccc2)cc1. The van der Waals surface area contributed by atoms with Gasteiger partial charge in [0, 0.05) is 17.4 Å². The Hall–Kier alpha value is -2.81. The van der Waals surface area contributed by atoms with Crippen LogP contribution in [0.2, 0.25) is 0 Å². The van der Waals surface area contributed by atoms with E-state index in [-0.39, 0.29) is 0 Å². The van der Waals surface area contributed by atoms with Gasteiger partial charge < -0.3 is 10.1 Å². The zero-order valence-electron chi connectivity index (χ0n) is 11.8. The summed E-state index contributed by atoms with van der Waals surface area (Å²) in [6, 6.07) is 21.9. The van der Waals surface area contributed by atoms with E-state index in [4.69, 9.17) is 4.74 Å². The highest BCUT2D eigenvalue weighted by atomic mass is 16.5. The van der Waals surface area contributed by atoms with E-state index < -0.39 is 0 Å². The molecule has 21 heavy (non-hydrogen) atoms. The molecular formula is C18H16N2O. The Labute approximate surface area is 124 Å². The molecule has 0 bridgehead atoms. The third-order valence-corrected chi connectivity index (χ3v) is 3.22. The number of pyridine rings is 1. The molecule has 0 amide bonds. The second kappa shape index (κ2) is 6.09. The maximum absolute atomic E-state index is 5.19. The fraction of sp³-hybridized carbons (Fsp3) is 0.0556. The van der Waals surface area contributed by atoms with Gasteiger partial charge in [-0.15, -0.1) is 0 Å². The van der Waals surface area contributed by atoms with E-state index in [0.717, 1.165) is 28.4 Å². The van der Waals surface area contributed by atoms with Crippen LogP contribution in [0.15, 0.2) is 72.9 Å². The number of para-hydroxylation sites is 1. The molecule has 1 heterocycles. The molecule has 0 spiro atoms. The molecule has 1 aromatic heterocycles. The minimum absolute atomic E-state index is 0.840. The van der Waals surface area contributed by atoms with Crippen LogP contribution in [0.3, 0.4) is 0 Å². The lowest BCUT2D eigenvalue weighted by atomic mass is 10.1. The summed E-state index contributed by atoms with van der Waals surface area (Å²) < 4.78 is 5.19. The van der Waals surface area contributed by atoms with Crippen molar-refractivity contribution < 1.29 is 4.74 Å². The highest BCUT2D eigenvalue weighted by molar-refractivity contribution is 5.77. The number of hydrogen-bond acceptors (Lipinski definition) is 3. The molecule has 0 saturated heterocycles. The fourth-order valence-corrected chi connectivity index (χ4v) is 2.16. The molecule has 0 aliphatic rings. The Bertz CT molecular complexity index is 709. The molecule has 3 heteroatoms. The topological polar surface area (TPSA) is 34.1 Å². The van der Waals surface area contributed by atoms with Gasteiger partial charge in [-0.2, -0.15) is 0 Å². The van der Waals surface area contributed by atoms with Gasteiger partial charge in [-0.25, -0.2) is 0 Å². The first kappa shape index (κ1) is 13.2. The first-order valence-corrected chi connectivity index (χ1v) is 6.78. The molecule has 3 aromatic rings. The van der Waals surface area contributed by atoms with Gasteiger partial charge in [-0.3, -0.25) is 4.98 Å². The second-order valence-corrected chi connectivity index (χ2v) is 4.62. The summed E-state index contributed by atoms with van der Waals surface area (Å²) in [4.78, 5) is 4.50. The lowest BCUT2D eigenvalue weighted by molar-refractivity contribution is 0.415. The summed E-state index contributed by atoms with van der Waals surface area (Å²) in [5.41, 5.74) is 3.99. The van der Waals surface area contributed by atoms with E-state index in [9.17, 15) is 0 Å². The Morgan fingerprint density at radius 3 is 2.33 bits per heavy atom. The van der Waals surface area contributed by atoms with Crippen LogP contribution in [0.5, 0.6) is 5.75 Å². The van der Waals surface area contributed by atoms with Crippen molar-refractivity contribution in [2.24, 2.45) is 0 Å². The number of nitrogens with one attached hydrogen (secondary N) is 1. The van der Waals surface area contributed by atoms with Crippen molar-refractivity contribution in [2.75, 3.05) is 12.4 Å². The average molecular weight is 276 g/mol. The van der Waals surface area contributed by atoms with Crippen molar-refractivity contribution in [3.63, 3.8) is 0 Å². The number of nitrogens with zero attached hydrogens (tertiary/aromatic N) is 1. The summed E-state index contributed by atoms with van der Waals surface area (Å²) in [5, 5.41) is 3.41. The Morgan fingerprint density at radius 2 is 1.62 bits per heavy atom. The number of anilines is 2. The molecule has 0 radical (unpaired) electrons. The molecule has 1 N–H and O–H groups in total. The van der Waals surface area contributed by atoms with Crippen LogP contribution in [0, 0.1) is 0 Å². The van der Waals surface area contributed by atoms with E-state index in [1.165, 1.54) is 0 Å². The molecule has 2 aromatic carbocycles. The molecule has 0 atom stereocenters. The van der Waals surface area contributed by atoms with Crippen LogP contribution in [-0.4, -0.2) is 12.1 Å². The summed E-state index contributed by atoms with van der Waals surface area (Å²) in [5.74, 6) is 0.840. The van der Waals surface area contributed by atoms with Gasteiger partial charge in [0.2, 0.25) is 0 Å². The predicted molar refractivity (Wildman–Crippen MR) is 85.9 cm³/mol. The van der Waals surface area contributed by atoms with Gasteiger partial charge in [-0.1, -0.05) is 18.2 Å². The van der Waals surface area contributed by atoms with E-state index >= 15 is 0 Å². The third kappa shape index (κ3) is 3.03. The van der Waals surface area contributed by atoms with Gasteiger partial charge in [0.25, 0.3) is 0 Å². The Balaban J connectivity index is 1.95. The first-order chi connectivity index (χ1) is 10.4. The van der Waals surface area contributed by atoms with Crippen LogP contribution >= 0.6 is 0 Å². The monoisotopic (exact) mass is 276 g/mol. The number of hydrogen-bond donors (Lipinski definition) is 1. The summed E-state index contributed by atoms with van der Waals surface area (Å²) in [7, 11) is 1.66.